The molecule has 370 valence electrons. The number of piperidine rings is 2. The van der Waals surface area contributed by atoms with Crippen LogP contribution in [-0.4, -0.2) is 113 Å². The molecule has 0 bridgehead atoms. The van der Waals surface area contributed by atoms with Gasteiger partial charge in [-0.3, -0.25) is 14.8 Å². The lowest BCUT2D eigenvalue weighted by molar-refractivity contribution is 0.0384. The van der Waals surface area contributed by atoms with Crippen molar-refractivity contribution in [2.45, 2.75) is 190 Å². The molecule has 3 aliphatic heterocycles. The van der Waals surface area contributed by atoms with Crippen molar-refractivity contribution in [2.24, 2.45) is 0 Å². The number of aromatic nitrogens is 1. The lowest BCUT2D eigenvalue weighted by Gasteiger charge is -2.46. The lowest BCUT2D eigenvalue weighted by atomic mass is 9.99. The minimum absolute atomic E-state index is 0.0683. The van der Waals surface area contributed by atoms with Gasteiger partial charge in [-0.05, 0) is 82.1 Å². The highest BCUT2D eigenvalue weighted by molar-refractivity contribution is 7.91. The second-order valence-electron chi connectivity index (χ2n) is 19.6. The van der Waals surface area contributed by atoms with E-state index in [4.69, 9.17) is 9.47 Å². The van der Waals surface area contributed by atoms with E-state index in [1.165, 1.54) is 135 Å². The highest BCUT2D eigenvalue weighted by Gasteiger charge is 2.34. The van der Waals surface area contributed by atoms with E-state index in [2.05, 4.69) is 38.4 Å². The number of hydrogen-bond acceptors (Lipinski definition) is 9. The molecule has 0 amide bonds. The molecule has 12 heteroatoms. The summed E-state index contributed by atoms with van der Waals surface area (Å²) >= 11 is 0. The maximum Gasteiger partial charge on any atom is 0.210 e. The normalized spacial score (nSPS) is 17.6. The van der Waals surface area contributed by atoms with E-state index in [-0.39, 0.29) is 11.5 Å². The van der Waals surface area contributed by atoms with Gasteiger partial charge in [0, 0.05) is 62.9 Å². The van der Waals surface area contributed by atoms with Crippen LogP contribution in [0.2, 0.25) is 0 Å². The van der Waals surface area contributed by atoms with Gasteiger partial charge in [0.15, 0.2) is 17.4 Å². The number of methoxy groups -OCH3 is 1. The van der Waals surface area contributed by atoms with Gasteiger partial charge in [-0.15, -0.1) is 0 Å². The SMILES string of the molecule is CCCCCCCCCCCCCCCCCCCCCCOc1c(F)cc(S(=O)(=O)c2cnc3ccc(OC)cc3c2N2CCC(N3CCN(C4CCN(CC)CC4)CC3)CC2)cc1F. The monoisotopic (exact) mass is 938 g/mol. The molecule has 6 rings (SSSR count). The summed E-state index contributed by atoms with van der Waals surface area (Å²) in [5.74, 6) is -2.00. The maximum atomic E-state index is 15.6. The number of ether oxygens (including phenoxy) is 2. The molecular formula is C54H85F2N5O4S. The molecule has 3 aliphatic rings. The molecule has 3 fully saturated rings. The third kappa shape index (κ3) is 15.2. The fourth-order valence-electron chi connectivity index (χ4n) is 10.8. The molecule has 0 saturated carbocycles. The zero-order chi connectivity index (χ0) is 46.6. The Labute approximate surface area is 398 Å². The molecule has 1 aromatic heterocycles. The van der Waals surface area contributed by atoms with Crippen LogP contribution in [-0.2, 0) is 9.84 Å². The predicted octanol–water partition coefficient (Wildman–Crippen LogP) is 12.6. The minimum Gasteiger partial charge on any atom is -0.497 e. The molecule has 0 spiro atoms. The van der Waals surface area contributed by atoms with Crippen LogP contribution in [0.4, 0.5) is 14.5 Å². The Bertz CT molecular complexity index is 1960. The number of likely N-dealkylation sites (tertiary alicyclic amines) is 1. The minimum atomic E-state index is -4.40. The van der Waals surface area contributed by atoms with E-state index in [1.54, 1.807) is 13.2 Å². The number of benzene rings is 2. The maximum absolute atomic E-state index is 15.6. The molecule has 3 aromatic rings. The van der Waals surface area contributed by atoms with Gasteiger partial charge in [-0.2, -0.15) is 0 Å². The number of rotatable bonds is 29. The Kier molecular flexibility index (Phi) is 22.0. The van der Waals surface area contributed by atoms with Crippen molar-refractivity contribution in [2.75, 3.05) is 77.5 Å². The molecule has 0 radical (unpaired) electrons. The fraction of sp³-hybridized carbons (Fsp3) is 0.722. The number of sulfone groups is 1. The number of anilines is 1. The number of fused-ring (bicyclic) bond motifs is 1. The van der Waals surface area contributed by atoms with Crippen LogP contribution in [0, 0.1) is 11.6 Å². The number of halogens is 2. The van der Waals surface area contributed by atoms with Crippen molar-refractivity contribution in [3.05, 3.63) is 48.2 Å². The van der Waals surface area contributed by atoms with Crippen LogP contribution >= 0.6 is 0 Å². The molecule has 4 heterocycles. The van der Waals surface area contributed by atoms with Gasteiger partial charge >= 0.3 is 0 Å². The number of nitrogens with zero attached hydrogens (tertiary/aromatic N) is 5. The van der Waals surface area contributed by atoms with Crippen molar-refractivity contribution < 1.29 is 26.7 Å². The number of hydrogen-bond donors (Lipinski definition) is 0. The first-order valence-electron chi connectivity index (χ1n) is 26.5. The smallest absolute Gasteiger partial charge is 0.210 e. The van der Waals surface area contributed by atoms with Gasteiger partial charge in [0.25, 0.3) is 0 Å². The molecular weight excluding hydrogens is 853 g/mol. The molecule has 66 heavy (non-hydrogen) atoms. The number of pyridine rings is 1. The Morgan fingerprint density at radius 3 is 1.56 bits per heavy atom. The Balaban J connectivity index is 0.943. The van der Waals surface area contributed by atoms with E-state index in [9.17, 15) is 8.42 Å². The zero-order valence-electron chi connectivity index (χ0n) is 41.2. The summed E-state index contributed by atoms with van der Waals surface area (Å²) in [7, 11) is -2.83. The highest BCUT2D eigenvalue weighted by Crippen LogP contribution is 2.40. The second-order valence-corrected chi connectivity index (χ2v) is 21.5. The van der Waals surface area contributed by atoms with Crippen molar-refractivity contribution in [1.29, 1.82) is 0 Å². The van der Waals surface area contributed by atoms with Gasteiger partial charge in [0.2, 0.25) is 9.84 Å². The average Bonchev–Trinajstić information content (AvgIpc) is 3.34. The van der Waals surface area contributed by atoms with Crippen LogP contribution < -0.4 is 14.4 Å². The summed E-state index contributed by atoms with van der Waals surface area (Å²) in [6.07, 6.45) is 31.2. The summed E-state index contributed by atoms with van der Waals surface area (Å²) in [5, 5.41) is 0.632. The van der Waals surface area contributed by atoms with Crippen LogP contribution in [0.3, 0.4) is 0 Å². The van der Waals surface area contributed by atoms with Crippen molar-refractivity contribution in [1.82, 2.24) is 19.7 Å². The van der Waals surface area contributed by atoms with Crippen LogP contribution in [0.25, 0.3) is 10.9 Å². The van der Waals surface area contributed by atoms with E-state index >= 15 is 8.78 Å². The molecule has 0 aliphatic carbocycles. The second kappa shape index (κ2) is 27.8. The Hall–Kier alpha value is -3.06. The average molecular weight is 938 g/mol. The Morgan fingerprint density at radius 1 is 0.621 bits per heavy atom. The Morgan fingerprint density at radius 2 is 1.09 bits per heavy atom. The summed E-state index contributed by atoms with van der Waals surface area (Å²) in [5.41, 5.74) is 1.13. The lowest BCUT2D eigenvalue weighted by Crippen LogP contribution is -2.56. The first kappa shape index (κ1) is 52.3. The van der Waals surface area contributed by atoms with Gasteiger partial charge in [0.1, 0.15) is 10.6 Å². The zero-order valence-corrected chi connectivity index (χ0v) is 42.0. The van der Waals surface area contributed by atoms with E-state index in [1.807, 2.05) is 12.1 Å². The third-order valence-corrected chi connectivity index (χ3v) is 16.7. The quantitative estimate of drug-likeness (QED) is 0.0632. The molecule has 9 nitrogen and oxygen atoms in total. The first-order chi connectivity index (χ1) is 32.2. The van der Waals surface area contributed by atoms with E-state index in [0.717, 1.165) is 77.0 Å². The largest absolute Gasteiger partial charge is 0.497 e. The molecule has 0 N–H and O–H groups in total. The van der Waals surface area contributed by atoms with E-state index in [0.29, 0.717) is 53.9 Å². The molecule has 0 unspecified atom stereocenters. The van der Waals surface area contributed by atoms with Gasteiger partial charge in [0.05, 0.1) is 29.8 Å². The van der Waals surface area contributed by atoms with Crippen molar-refractivity contribution in [3.8, 4) is 11.5 Å². The van der Waals surface area contributed by atoms with Gasteiger partial charge in [-0.25, -0.2) is 17.2 Å². The summed E-state index contributed by atoms with van der Waals surface area (Å²) in [6, 6.07) is 8.31. The summed E-state index contributed by atoms with van der Waals surface area (Å²) in [4.78, 5) is 14.0. The molecule has 0 atom stereocenters. The molecule has 2 aromatic carbocycles. The molecule has 3 saturated heterocycles. The number of unbranched alkanes of at least 4 members (excludes halogenated alkanes) is 19. The van der Waals surface area contributed by atoms with Crippen LogP contribution in [0.1, 0.15) is 168 Å². The van der Waals surface area contributed by atoms with Crippen LogP contribution in [0.5, 0.6) is 11.5 Å². The van der Waals surface area contributed by atoms with Crippen LogP contribution in [0.15, 0.2) is 46.3 Å². The van der Waals surface area contributed by atoms with Crippen molar-refractivity contribution >= 4 is 26.4 Å². The van der Waals surface area contributed by atoms with Crippen molar-refractivity contribution in [3.63, 3.8) is 0 Å². The summed E-state index contributed by atoms with van der Waals surface area (Å²) in [6.45, 7) is 13.8. The van der Waals surface area contributed by atoms with Gasteiger partial charge < -0.3 is 19.3 Å². The van der Waals surface area contributed by atoms with Gasteiger partial charge in [-0.1, -0.05) is 136 Å². The fourth-order valence-corrected chi connectivity index (χ4v) is 12.3. The topological polar surface area (TPSA) is 78.4 Å². The summed E-state index contributed by atoms with van der Waals surface area (Å²) < 4.78 is 71.4. The number of piperazine rings is 1. The standard InChI is InChI=1S/C54H85F2N5O4S/c1-4-6-7-8-9-10-11-12-13-14-15-16-17-18-19-20-21-22-23-24-39-65-54-49(55)41-47(42-50(54)56)66(62,63)52-43-57-51-26-25-46(64-3)40-48(51)53(52)61-33-29-45(30-34-61)60-37-35-59(36-38-60)44-27-31-58(5-2)32-28-44/h25-26,40-45H,4-24,27-39H2,1-3H3. The highest BCUT2D eigenvalue weighted by atomic mass is 32.2. The predicted molar refractivity (Wildman–Crippen MR) is 267 cm³/mol. The third-order valence-electron chi connectivity index (χ3n) is 15.0. The van der Waals surface area contributed by atoms with E-state index < -0.39 is 32.1 Å². The first-order valence-corrected chi connectivity index (χ1v) is 28.0.